The fourth-order valence-corrected chi connectivity index (χ4v) is 3.48. The van der Waals surface area contributed by atoms with Gasteiger partial charge in [-0.1, -0.05) is 48.5 Å². The third-order valence-electron chi connectivity index (χ3n) is 5.03. The van der Waals surface area contributed by atoms with Crippen LogP contribution in [0.4, 0.5) is 5.69 Å². The van der Waals surface area contributed by atoms with E-state index in [4.69, 9.17) is 0 Å². The molecule has 0 radical (unpaired) electrons. The van der Waals surface area contributed by atoms with Gasteiger partial charge in [0, 0.05) is 17.4 Å². The number of amides is 2. The van der Waals surface area contributed by atoms with Gasteiger partial charge in [0.1, 0.15) is 0 Å². The van der Waals surface area contributed by atoms with Crippen molar-refractivity contribution in [3.05, 3.63) is 106 Å². The molecule has 0 unspecified atom stereocenters. The highest BCUT2D eigenvalue weighted by molar-refractivity contribution is 6.16. The summed E-state index contributed by atoms with van der Waals surface area (Å²) in [5, 5.41) is 8.08. The van der Waals surface area contributed by atoms with Crippen molar-refractivity contribution in [2.75, 3.05) is 4.90 Å². The predicted molar refractivity (Wildman–Crippen MR) is 116 cm³/mol. The van der Waals surface area contributed by atoms with Gasteiger partial charge in [0.25, 0.3) is 11.5 Å². The van der Waals surface area contributed by atoms with Gasteiger partial charge in [0.2, 0.25) is 6.41 Å². The molecule has 6 heteroatoms. The highest BCUT2D eigenvalue weighted by Crippen LogP contribution is 2.22. The molecule has 4 aromatic rings. The van der Waals surface area contributed by atoms with Gasteiger partial charge >= 0.3 is 0 Å². The Morgan fingerprint density at radius 2 is 1.73 bits per heavy atom. The largest absolute Gasteiger partial charge is 0.278 e. The summed E-state index contributed by atoms with van der Waals surface area (Å²) in [6.45, 7) is 1.83. The third-order valence-corrected chi connectivity index (χ3v) is 5.03. The molecule has 0 saturated carbocycles. The number of rotatable bonds is 5. The van der Waals surface area contributed by atoms with Crippen molar-refractivity contribution in [2.45, 2.75) is 13.3 Å². The van der Waals surface area contributed by atoms with Crippen LogP contribution in [0.3, 0.4) is 0 Å². The number of aryl methyl sites for hydroxylation is 1. The van der Waals surface area contributed by atoms with Gasteiger partial charge in [0.15, 0.2) is 0 Å². The van der Waals surface area contributed by atoms with Crippen LogP contribution in [0.1, 0.15) is 27.2 Å². The van der Waals surface area contributed by atoms with Crippen LogP contribution in [-0.4, -0.2) is 22.5 Å². The fraction of sp³-hybridized carbons (Fsp3) is 0.0833. The Morgan fingerprint density at radius 3 is 2.50 bits per heavy atom. The lowest BCUT2D eigenvalue weighted by molar-refractivity contribution is -0.106. The molecule has 0 aliphatic rings. The number of nitrogens with zero attached hydrogens (tertiary/aromatic N) is 2. The molecule has 0 aliphatic heterocycles. The Hall–Kier alpha value is -4.06. The molecule has 0 bridgehead atoms. The molecule has 148 valence electrons. The van der Waals surface area contributed by atoms with Crippen LogP contribution >= 0.6 is 0 Å². The number of fused-ring (bicyclic) bond motifs is 1. The molecule has 1 aromatic heterocycles. The number of aromatic amines is 1. The van der Waals surface area contributed by atoms with E-state index in [1.165, 1.54) is 0 Å². The quantitative estimate of drug-likeness (QED) is 0.522. The molecule has 30 heavy (non-hydrogen) atoms. The Kier molecular flexibility index (Phi) is 5.22. The zero-order valence-corrected chi connectivity index (χ0v) is 16.3. The summed E-state index contributed by atoms with van der Waals surface area (Å²) in [5.74, 6) is -0.382. The Morgan fingerprint density at radius 1 is 1.00 bits per heavy atom. The fourth-order valence-electron chi connectivity index (χ4n) is 3.48. The number of imide groups is 1. The van der Waals surface area contributed by atoms with E-state index >= 15 is 0 Å². The smallest absolute Gasteiger partial charge is 0.272 e. The van der Waals surface area contributed by atoms with E-state index in [1.807, 2.05) is 37.3 Å². The number of benzene rings is 3. The maximum Gasteiger partial charge on any atom is 0.272 e. The molecular weight excluding hydrogens is 378 g/mol. The summed E-state index contributed by atoms with van der Waals surface area (Å²) in [6.07, 6.45) is 0.970. The second-order valence-electron chi connectivity index (χ2n) is 6.99. The number of H-pyrrole nitrogens is 1. The number of carbonyl (C=O) groups excluding carboxylic acids is 2. The van der Waals surface area contributed by atoms with Gasteiger partial charge in [-0.3, -0.25) is 14.4 Å². The normalized spacial score (nSPS) is 10.7. The predicted octanol–water partition coefficient (Wildman–Crippen LogP) is 3.63. The molecule has 4 rings (SSSR count). The first-order valence-electron chi connectivity index (χ1n) is 9.48. The van der Waals surface area contributed by atoms with Crippen molar-refractivity contribution in [3.63, 3.8) is 0 Å². The SMILES string of the molecule is Cc1ccccc1C(=O)N(C=O)c1cccc(Cc2n[nH]c(=O)c3ccccc23)c1. The van der Waals surface area contributed by atoms with Crippen LogP contribution in [0.2, 0.25) is 0 Å². The van der Waals surface area contributed by atoms with E-state index in [-0.39, 0.29) is 11.5 Å². The van der Waals surface area contributed by atoms with Gasteiger partial charge in [0.05, 0.1) is 16.8 Å². The highest BCUT2D eigenvalue weighted by atomic mass is 16.2. The molecule has 0 saturated heterocycles. The molecule has 3 aromatic carbocycles. The van der Waals surface area contributed by atoms with Crippen LogP contribution in [0.15, 0.2) is 77.6 Å². The summed E-state index contributed by atoms with van der Waals surface area (Å²) < 4.78 is 0. The number of nitrogens with one attached hydrogen (secondary N) is 1. The topological polar surface area (TPSA) is 83.1 Å². The van der Waals surface area contributed by atoms with E-state index in [0.717, 1.165) is 21.4 Å². The first kappa shape index (κ1) is 19.3. The Balaban J connectivity index is 1.68. The van der Waals surface area contributed by atoms with Gasteiger partial charge in [-0.2, -0.15) is 5.10 Å². The minimum atomic E-state index is -0.382. The van der Waals surface area contributed by atoms with Crippen molar-refractivity contribution >= 4 is 28.8 Å². The number of aromatic nitrogens is 2. The molecule has 0 fully saturated rings. The molecular formula is C24H19N3O3. The molecule has 2 amide bonds. The number of hydrogen-bond acceptors (Lipinski definition) is 4. The molecule has 1 heterocycles. The van der Waals surface area contributed by atoms with Crippen molar-refractivity contribution in [2.24, 2.45) is 0 Å². The van der Waals surface area contributed by atoms with E-state index in [2.05, 4.69) is 10.2 Å². The van der Waals surface area contributed by atoms with Crippen molar-refractivity contribution in [1.29, 1.82) is 0 Å². The molecule has 0 atom stereocenters. The van der Waals surface area contributed by atoms with E-state index in [9.17, 15) is 14.4 Å². The second-order valence-corrected chi connectivity index (χ2v) is 6.99. The van der Waals surface area contributed by atoms with E-state index in [0.29, 0.717) is 35.2 Å². The van der Waals surface area contributed by atoms with Crippen molar-refractivity contribution < 1.29 is 9.59 Å². The summed E-state index contributed by atoms with van der Waals surface area (Å²) in [7, 11) is 0. The molecule has 6 nitrogen and oxygen atoms in total. The van der Waals surface area contributed by atoms with Gasteiger partial charge in [-0.25, -0.2) is 10.00 Å². The Labute approximate surface area is 172 Å². The van der Waals surface area contributed by atoms with Crippen LogP contribution in [-0.2, 0) is 11.2 Å². The molecule has 0 aliphatic carbocycles. The number of hydrogen-bond donors (Lipinski definition) is 1. The van der Waals surface area contributed by atoms with Gasteiger partial charge < -0.3 is 0 Å². The first-order valence-corrected chi connectivity index (χ1v) is 9.48. The zero-order chi connectivity index (χ0) is 21.1. The van der Waals surface area contributed by atoms with E-state index < -0.39 is 0 Å². The highest BCUT2D eigenvalue weighted by Gasteiger charge is 2.19. The van der Waals surface area contributed by atoms with Gasteiger partial charge in [-0.05, 0) is 42.3 Å². The molecule has 1 N–H and O–H groups in total. The van der Waals surface area contributed by atoms with Crippen LogP contribution < -0.4 is 10.5 Å². The third kappa shape index (κ3) is 3.63. The lowest BCUT2D eigenvalue weighted by Crippen LogP contribution is -2.30. The minimum absolute atomic E-state index is 0.237. The second kappa shape index (κ2) is 8.13. The van der Waals surface area contributed by atoms with Crippen molar-refractivity contribution in [3.8, 4) is 0 Å². The van der Waals surface area contributed by atoms with E-state index in [1.54, 1.807) is 42.5 Å². The van der Waals surface area contributed by atoms with Crippen LogP contribution in [0, 0.1) is 6.92 Å². The number of carbonyl (C=O) groups is 2. The summed E-state index contributed by atoms with van der Waals surface area (Å²) in [4.78, 5) is 37.8. The average Bonchev–Trinajstić information content (AvgIpc) is 2.77. The summed E-state index contributed by atoms with van der Waals surface area (Å²) in [5.41, 5.74) is 3.09. The first-order chi connectivity index (χ1) is 14.6. The monoisotopic (exact) mass is 397 g/mol. The van der Waals surface area contributed by atoms with Crippen molar-refractivity contribution in [1.82, 2.24) is 10.2 Å². The lowest BCUT2D eigenvalue weighted by atomic mass is 10.0. The maximum absolute atomic E-state index is 12.9. The maximum atomic E-state index is 12.9. The standard InChI is InChI=1S/C24H19N3O3/c1-16-7-2-3-10-19(16)24(30)27(15-28)18-9-6-8-17(13-18)14-22-20-11-4-5-12-21(20)23(29)26-25-22/h2-13,15H,14H2,1H3,(H,26,29). The Bertz CT molecular complexity index is 1310. The van der Waals surface area contributed by atoms with Crippen LogP contribution in [0.5, 0.6) is 0 Å². The van der Waals surface area contributed by atoms with Crippen LogP contribution in [0.25, 0.3) is 10.8 Å². The minimum Gasteiger partial charge on any atom is -0.278 e. The summed E-state index contributed by atoms with van der Waals surface area (Å²) in [6, 6.07) is 21.6. The van der Waals surface area contributed by atoms with Gasteiger partial charge in [-0.15, -0.1) is 0 Å². The average molecular weight is 397 g/mol. The lowest BCUT2D eigenvalue weighted by Gasteiger charge is -2.18. The molecule has 0 spiro atoms. The zero-order valence-electron chi connectivity index (χ0n) is 16.3. The summed E-state index contributed by atoms with van der Waals surface area (Å²) >= 11 is 0. The number of anilines is 1.